The normalized spacial score (nSPS) is 12.4. The molecule has 2 rings (SSSR count). The lowest BCUT2D eigenvalue weighted by Crippen LogP contribution is -2.06. The van der Waals surface area contributed by atoms with Crippen molar-refractivity contribution in [2.75, 3.05) is 0 Å². The molecule has 17 heavy (non-hydrogen) atoms. The molecular weight excluding hydrogens is 228 g/mol. The summed E-state index contributed by atoms with van der Waals surface area (Å²) in [7, 11) is 0. The zero-order valence-corrected chi connectivity index (χ0v) is 10.9. The molecule has 2 N–H and O–H groups in total. The average Bonchev–Trinajstić information content (AvgIpc) is 2.33. The first kappa shape index (κ1) is 12.1. The lowest BCUT2D eigenvalue weighted by Gasteiger charge is -2.06. The minimum Gasteiger partial charge on any atom is -0.323 e. The van der Waals surface area contributed by atoms with Crippen molar-refractivity contribution >= 4 is 11.8 Å². The maximum Gasteiger partial charge on any atom is 0.0569 e. The van der Waals surface area contributed by atoms with Crippen LogP contribution in [0.3, 0.4) is 0 Å². The summed E-state index contributed by atoms with van der Waals surface area (Å²) in [6, 6.07) is 12.5. The number of hydrogen-bond acceptors (Lipinski definition) is 3. The molecule has 0 radical (unpaired) electrons. The highest BCUT2D eigenvalue weighted by molar-refractivity contribution is 7.99. The lowest BCUT2D eigenvalue weighted by molar-refractivity contribution is 0.777. The van der Waals surface area contributed by atoms with Crippen LogP contribution in [0, 0.1) is 6.92 Å². The average molecular weight is 244 g/mol. The van der Waals surface area contributed by atoms with Crippen LogP contribution in [0.4, 0.5) is 0 Å². The number of pyridine rings is 1. The summed E-state index contributed by atoms with van der Waals surface area (Å²) in [4.78, 5) is 6.71. The topological polar surface area (TPSA) is 38.9 Å². The summed E-state index contributed by atoms with van der Waals surface area (Å²) >= 11 is 1.71. The maximum atomic E-state index is 5.76. The lowest BCUT2D eigenvalue weighted by atomic mass is 10.2. The van der Waals surface area contributed by atoms with E-state index in [0.717, 1.165) is 10.6 Å². The molecule has 0 fully saturated rings. The first-order valence-corrected chi connectivity index (χ1v) is 6.43. The van der Waals surface area contributed by atoms with Crippen molar-refractivity contribution in [1.29, 1.82) is 0 Å². The Labute approximate surface area is 106 Å². The highest BCUT2D eigenvalue weighted by atomic mass is 32.2. The van der Waals surface area contributed by atoms with Crippen LogP contribution in [0.25, 0.3) is 0 Å². The Bertz CT molecular complexity index is 475. The van der Waals surface area contributed by atoms with Gasteiger partial charge < -0.3 is 5.73 Å². The van der Waals surface area contributed by atoms with Gasteiger partial charge in [0.1, 0.15) is 0 Å². The van der Waals surface area contributed by atoms with Gasteiger partial charge in [0.15, 0.2) is 0 Å². The van der Waals surface area contributed by atoms with E-state index in [2.05, 4.69) is 42.2 Å². The summed E-state index contributed by atoms with van der Waals surface area (Å²) in [5.74, 6) is 0. The molecule has 0 amide bonds. The molecule has 88 valence electrons. The van der Waals surface area contributed by atoms with Crippen LogP contribution in [-0.2, 0) is 0 Å². The second kappa shape index (κ2) is 5.34. The fraction of sp³-hybridized carbons (Fsp3) is 0.214. The Morgan fingerprint density at radius 3 is 2.24 bits per heavy atom. The third kappa shape index (κ3) is 3.32. The van der Waals surface area contributed by atoms with Gasteiger partial charge in [0.25, 0.3) is 0 Å². The van der Waals surface area contributed by atoms with Crippen LogP contribution in [0.15, 0.2) is 52.4 Å². The Kier molecular flexibility index (Phi) is 3.82. The molecule has 0 aliphatic rings. The second-order valence-corrected chi connectivity index (χ2v) is 5.27. The van der Waals surface area contributed by atoms with Crippen molar-refractivity contribution in [2.24, 2.45) is 5.73 Å². The van der Waals surface area contributed by atoms with Crippen LogP contribution in [0.1, 0.15) is 24.2 Å². The first-order chi connectivity index (χ1) is 8.15. The number of rotatable bonds is 3. The quantitative estimate of drug-likeness (QED) is 0.897. The monoisotopic (exact) mass is 244 g/mol. The van der Waals surface area contributed by atoms with E-state index < -0.39 is 0 Å². The number of benzene rings is 1. The Balaban J connectivity index is 2.11. The molecule has 1 unspecified atom stereocenters. The molecule has 0 spiro atoms. The summed E-state index contributed by atoms with van der Waals surface area (Å²) in [5.41, 5.74) is 7.97. The minimum absolute atomic E-state index is 0.00609. The van der Waals surface area contributed by atoms with Gasteiger partial charge in [0.2, 0.25) is 0 Å². The van der Waals surface area contributed by atoms with Gasteiger partial charge >= 0.3 is 0 Å². The van der Waals surface area contributed by atoms with E-state index in [9.17, 15) is 0 Å². The van der Waals surface area contributed by atoms with E-state index in [-0.39, 0.29) is 6.04 Å². The third-order valence-corrected chi connectivity index (χ3v) is 3.47. The molecule has 0 bridgehead atoms. The molecule has 0 saturated heterocycles. The van der Waals surface area contributed by atoms with Gasteiger partial charge in [0.05, 0.1) is 5.69 Å². The fourth-order valence-corrected chi connectivity index (χ4v) is 2.25. The van der Waals surface area contributed by atoms with Gasteiger partial charge in [-0.3, -0.25) is 4.98 Å². The number of aryl methyl sites for hydroxylation is 1. The molecule has 1 aromatic carbocycles. The second-order valence-electron chi connectivity index (χ2n) is 4.12. The number of hydrogen-bond donors (Lipinski definition) is 1. The van der Waals surface area contributed by atoms with Crippen LogP contribution < -0.4 is 5.73 Å². The third-order valence-electron chi connectivity index (χ3n) is 2.48. The van der Waals surface area contributed by atoms with Crippen molar-refractivity contribution in [3.63, 3.8) is 0 Å². The molecule has 0 aliphatic carbocycles. The minimum atomic E-state index is -0.00609. The molecule has 2 aromatic rings. The number of nitrogens with zero attached hydrogens (tertiary/aromatic N) is 1. The molecule has 0 saturated carbocycles. The van der Waals surface area contributed by atoms with Crippen LogP contribution >= 0.6 is 11.8 Å². The van der Waals surface area contributed by atoms with E-state index in [4.69, 9.17) is 5.73 Å². The SMILES string of the molecule is Cc1ccc(Sc2ccc(C(C)N)nc2)cc1. The Morgan fingerprint density at radius 2 is 1.71 bits per heavy atom. The van der Waals surface area contributed by atoms with E-state index in [1.165, 1.54) is 10.5 Å². The van der Waals surface area contributed by atoms with Crippen LogP contribution in [0.2, 0.25) is 0 Å². The molecular formula is C14H16N2S. The summed E-state index contributed by atoms with van der Waals surface area (Å²) in [6.07, 6.45) is 1.88. The molecule has 1 atom stereocenters. The van der Waals surface area contributed by atoms with E-state index in [1.807, 2.05) is 19.2 Å². The van der Waals surface area contributed by atoms with Gasteiger partial charge in [-0.05, 0) is 38.1 Å². The van der Waals surface area contributed by atoms with Crippen molar-refractivity contribution < 1.29 is 0 Å². The van der Waals surface area contributed by atoms with Crippen molar-refractivity contribution in [1.82, 2.24) is 4.98 Å². The Hall–Kier alpha value is -1.32. The summed E-state index contributed by atoms with van der Waals surface area (Å²) in [6.45, 7) is 4.03. The van der Waals surface area contributed by atoms with Gasteiger partial charge in [-0.2, -0.15) is 0 Å². The number of aromatic nitrogens is 1. The van der Waals surface area contributed by atoms with E-state index in [1.54, 1.807) is 11.8 Å². The van der Waals surface area contributed by atoms with Gasteiger partial charge in [0, 0.05) is 22.0 Å². The first-order valence-electron chi connectivity index (χ1n) is 5.61. The largest absolute Gasteiger partial charge is 0.323 e. The highest BCUT2D eigenvalue weighted by Crippen LogP contribution is 2.27. The standard InChI is InChI=1S/C14H16N2S/c1-10-3-5-12(6-4-10)17-13-7-8-14(11(2)15)16-9-13/h3-9,11H,15H2,1-2H3. The molecule has 0 aliphatic heterocycles. The van der Waals surface area contributed by atoms with Gasteiger partial charge in [-0.1, -0.05) is 29.5 Å². The van der Waals surface area contributed by atoms with Crippen molar-refractivity contribution in [3.05, 3.63) is 53.9 Å². The molecule has 1 aromatic heterocycles. The predicted octanol–water partition coefficient (Wildman–Crippen LogP) is 3.56. The highest BCUT2D eigenvalue weighted by Gasteiger charge is 2.02. The Morgan fingerprint density at radius 1 is 1.06 bits per heavy atom. The van der Waals surface area contributed by atoms with Crippen molar-refractivity contribution in [3.8, 4) is 0 Å². The maximum absolute atomic E-state index is 5.76. The van der Waals surface area contributed by atoms with Crippen LogP contribution in [0.5, 0.6) is 0 Å². The van der Waals surface area contributed by atoms with E-state index >= 15 is 0 Å². The smallest absolute Gasteiger partial charge is 0.0569 e. The molecule has 3 heteroatoms. The molecule has 2 nitrogen and oxygen atoms in total. The molecule has 1 heterocycles. The van der Waals surface area contributed by atoms with Crippen LogP contribution in [-0.4, -0.2) is 4.98 Å². The summed E-state index contributed by atoms with van der Waals surface area (Å²) in [5, 5.41) is 0. The zero-order valence-electron chi connectivity index (χ0n) is 10.1. The van der Waals surface area contributed by atoms with Gasteiger partial charge in [-0.15, -0.1) is 0 Å². The predicted molar refractivity (Wildman–Crippen MR) is 72.1 cm³/mol. The van der Waals surface area contributed by atoms with Gasteiger partial charge in [-0.25, -0.2) is 0 Å². The fourth-order valence-electron chi connectivity index (χ4n) is 1.46. The summed E-state index contributed by atoms with van der Waals surface area (Å²) < 4.78 is 0. The van der Waals surface area contributed by atoms with E-state index in [0.29, 0.717) is 0 Å². The number of nitrogens with two attached hydrogens (primary N) is 1. The van der Waals surface area contributed by atoms with Crippen molar-refractivity contribution in [2.45, 2.75) is 29.7 Å². The zero-order chi connectivity index (χ0) is 12.3.